The molecular weight excluding hydrogens is 322 g/mol. The number of carbonyl (C=O) groups excluding carboxylic acids is 1. The number of piperidine rings is 1. The first-order valence-electron chi connectivity index (χ1n) is 8.74. The van der Waals surface area contributed by atoms with Gasteiger partial charge in [0, 0.05) is 19.7 Å². The first kappa shape index (κ1) is 16.0. The maximum atomic E-state index is 12.6. The minimum absolute atomic E-state index is 0.0292. The molecule has 2 aliphatic rings. The van der Waals surface area contributed by atoms with Crippen LogP contribution in [0.5, 0.6) is 0 Å². The van der Waals surface area contributed by atoms with Gasteiger partial charge >= 0.3 is 5.69 Å². The Morgan fingerprint density at radius 2 is 1.84 bits per heavy atom. The van der Waals surface area contributed by atoms with Gasteiger partial charge in [-0.3, -0.25) is 4.79 Å². The summed E-state index contributed by atoms with van der Waals surface area (Å²) in [6.45, 7) is 1.91. The molecule has 0 unspecified atom stereocenters. The van der Waals surface area contributed by atoms with Crippen LogP contribution in [-0.2, 0) is 9.53 Å². The van der Waals surface area contributed by atoms with Crippen molar-refractivity contribution in [3.8, 4) is 5.69 Å². The Kier molecular flexibility index (Phi) is 4.35. The lowest BCUT2D eigenvalue weighted by molar-refractivity contribution is -0.142. The van der Waals surface area contributed by atoms with E-state index in [-0.39, 0.29) is 23.7 Å². The van der Waals surface area contributed by atoms with Gasteiger partial charge in [0.25, 0.3) is 5.91 Å². The molecule has 0 spiro atoms. The number of amides is 1. The molecule has 2 aromatic rings. The van der Waals surface area contributed by atoms with Gasteiger partial charge in [-0.15, -0.1) is 0 Å². The number of likely N-dealkylation sites (tertiary alicyclic amines) is 1. The Morgan fingerprint density at radius 3 is 2.52 bits per heavy atom. The predicted molar refractivity (Wildman–Crippen MR) is 89.4 cm³/mol. The zero-order valence-electron chi connectivity index (χ0n) is 14.0. The van der Waals surface area contributed by atoms with Crippen molar-refractivity contribution < 1.29 is 9.53 Å². The third kappa shape index (κ3) is 3.09. The summed E-state index contributed by atoms with van der Waals surface area (Å²) in [6.07, 6.45) is 2.88. The Morgan fingerprint density at radius 1 is 1.08 bits per heavy atom. The molecular formula is C17H21N5O3. The number of benzene rings is 1. The van der Waals surface area contributed by atoms with Gasteiger partial charge in [0.05, 0.1) is 11.7 Å². The molecule has 0 radical (unpaired) electrons. The summed E-state index contributed by atoms with van der Waals surface area (Å²) in [5, 5.41) is 8.05. The highest BCUT2D eigenvalue weighted by Gasteiger charge is 2.32. The van der Waals surface area contributed by atoms with E-state index in [9.17, 15) is 9.59 Å². The molecule has 2 fully saturated rings. The van der Waals surface area contributed by atoms with Gasteiger partial charge in [-0.2, -0.15) is 9.36 Å². The standard InChI is InChI=1S/C17H21N5O3/c23-16(15-7-4-12-25-15)20-10-8-14(9-11-20)22-17(24)21(18-19-22)13-5-2-1-3-6-13/h1-3,5-6,14-15H,4,7-12H2/t15-/m0/s1. The zero-order valence-corrected chi connectivity index (χ0v) is 14.0. The molecule has 0 saturated carbocycles. The molecule has 1 aromatic carbocycles. The topological polar surface area (TPSA) is 82.2 Å². The summed E-state index contributed by atoms with van der Waals surface area (Å²) >= 11 is 0. The van der Waals surface area contributed by atoms with Crippen molar-refractivity contribution in [1.82, 2.24) is 24.7 Å². The molecule has 1 aromatic heterocycles. The van der Waals surface area contributed by atoms with E-state index in [0.717, 1.165) is 12.8 Å². The molecule has 2 saturated heterocycles. The van der Waals surface area contributed by atoms with Crippen LogP contribution in [0.15, 0.2) is 35.1 Å². The third-order valence-corrected chi connectivity index (χ3v) is 4.93. The zero-order chi connectivity index (χ0) is 17.2. The number of rotatable bonds is 3. The smallest absolute Gasteiger partial charge is 0.368 e. The highest BCUT2D eigenvalue weighted by Crippen LogP contribution is 2.23. The molecule has 8 nitrogen and oxygen atoms in total. The van der Waals surface area contributed by atoms with Crippen molar-refractivity contribution in [3.63, 3.8) is 0 Å². The average molecular weight is 343 g/mol. The van der Waals surface area contributed by atoms with Crippen molar-refractivity contribution in [2.45, 2.75) is 37.8 Å². The fourth-order valence-electron chi connectivity index (χ4n) is 3.52. The number of para-hydroxylation sites is 1. The van der Waals surface area contributed by atoms with E-state index in [1.54, 1.807) is 0 Å². The summed E-state index contributed by atoms with van der Waals surface area (Å²) in [7, 11) is 0. The van der Waals surface area contributed by atoms with E-state index in [2.05, 4.69) is 10.4 Å². The second kappa shape index (κ2) is 6.79. The van der Waals surface area contributed by atoms with Gasteiger partial charge in [-0.1, -0.05) is 18.2 Å². The minimum Gasteiger partial charge on any atom is -0.368 e. The van der Waals surface area contributed by atoms with Gasteiger partial charge in [0.1, 0.15) is 6.10 Å². The van der Waals surface area contributed by atoms with E-state index >= 15 is 0 Å². The van der Waals surface area contributed by atoms with Gasteiger partial charge in [-0.25, -0.2) is 4.79 Å². The summed E-state index contributed by atoms with van der Waals surface area (Å²) in [5.41, 5.74) is 0.458. The van der Waals surface area contributed by atoms with Crippen molar-refractivity contribution >= 4 is 5.91 Å². The number of tetrazole rings is 1. The molecule has 1 atom stereocenters. The van der Waals surface area contributed by atoms with Gasteiger partial charge in [0.2, 0.25) is 0 Å². The van der Waals surface area contributed by atoms with Crippen LogP contribution in [-0.4, -0.2) is 56.4 Å². The fourth-order valence-corrected chi connectivity index (χ4v) is 3.52. The van der Waals surface area contributed by atoms with E-state index in [4.69, 9.17) is 4.74 Å². The molecule has 2 aliphatic heterocycles. The molecule has 25 heavy (non-hydrogen) atoms. The number of hydrogen-bond donors (Lipinski definition) is 0. The predicted octanol–water partition coefficient (Wildman–Crippen LogP) is 0.771. The monoisotopic (exact) mass is 343 g/mol. The SMILES string of the molecule is O=C([C@@H]1CCCO1)N1CCC(n2nnn(-c3ccccc3)c2=O)CC1. The molecule has 8 heteroatoms. The Labute approximate surface area is 145 Å². The van der Waals surface area contributed by atoms with E-state index < -0.39 is 0 Å². The van der Waals surface area contributed by atoms with Crippen LogP contribution in [0.2, 0.25) is 0 Å². The first-order valence-corrected chi connectivity index (χ1v) is 8.74. The number of hydrogen-bond acceptors (Lipinski definition) is 5. The molecule has 0 aliphatic carbocycles. The molecule has 0 N–H and O–H groups in total. The van der Waals surface area contributed by atoms with Gasteiger partial charge in [-0.05, 0) is 48.2 Å². The Bertz CT molecular complexity index is 786. The van der Waals surface area contributed by atoms with Crippen molar-refractivity contribution in [3.05, 3.63) is 40.8 Å². The van der Waals surface area contributed by atoms with Crippen LogP contribution in [0.4, 0.5) is 0 Å². The summed E-state index contributed by atoms with van der Waals surface area (Å²) in [5.74, 6) is 0.0798. The molecule has 4 rings (SSSR count). The molecule has 1 amide bonds. The Balaban J connectivity index is 1.44. The van der Waals surface area contributed by atoms with Crippen LogP contribution in [0.25, 0.3) is 5.69 Å². The summed E-state index contributed by atoms with van der Waals surface area (Å²) < 4.78 is 8.23. The van der Waals surface area contributed by atoms with E-state index in [1.807, 2.05) is 35.2 Å². The lowest BCUT2D eigenvalue weighted by atomic mass is 10.0. The van der Waals surface area contributed by atoms with Crippen molar-refractivity contribution in [2.24, 2.45) is 0 Å². The lowest BCUT2D eigenvalue weighted by Crippen LogP contribution is -2.45. The number of aromatic nitrogens is 4. The van der Waals surface area contributed by atoms with Crippen LogP contribution in [0.3, 0.4) is 0 Å². The maximum Gasteiger partial charge on any atom is 0.368 e. The first-order chi connectivity index (χ1) is 12.2. The number of ether oxygens (including phenoxy) is 1. The van der Waals surface area contributed by atoms with Crippen molar-refractivity contribution in [2.75, 3.05) is 19.7 Å². The second-order valence-electron chi connectivity index (χ2n) is 6.51. The van der Waals surface area contributed by atoms with Gasteiger partial charge in [0.15, 0.2) is 0 Å². The summed E-state index contributed by atoms with van der Waals surface area (Å²) in [6, 6.07) is 9.22. The quantitative estimate of drug-likeness (QED) is 0.822. The molecule has 132 valence electrons. The lowest BCUT2D eigenvalue weighted by Gasteiger charge is -2.32. The second-order valence-corrected chi connectivity index (χ2v) is 6.51. The maximum absolute atomic E-state index is 12.6. The van der Waals surface area contributed by atoms with Crippen LogP contribution in [0, 0.1) is 0 Å². The number of carbonyl (C=O) groups is 1. The molecule has 3 heterocycles. The highest BCUT2D eigenvalue weighted by atomic mass is 16.5. The minimum atomic E-state index is -0.279. The van der Waals surface area contributed by atoms with Crippen LogP contribution >= 0.6 is 0 Å². The van der Waals surface area contributed by atoms with E-state index in [1.165, 1.54) is 9.36 Å². The third-order valence-electron chi connectivity index (χ3n) is 4.93. The fraction of sp³-hybridized carbons (Fsp3) is 0.529. The normalized spacial score (nSPS) is 21.6. The van der Waals surface area contributed by atoms with Crippen LogP contribution < -0.4 is 5.69 Å². The van der Waals surface area contributed by atoms with Gasteiger partial charge < -0.3 is 9.64 Å². The molecule has 0 bridgehead atoms. The van der Waals surface area contributed by atoms with Crippen molar-refractivity contribution in [1.29, 1.82) is 0 Å². The Hall–Kier alpha value is -2.48. The largest absolute Gasteiger partial charge is 0.368 e. The highest BCUT2D eigenvalue weighted by molar-refractivity contribution is 5.81. The van der Waals surface area contributed by atoms with Crippen LogP contribution in [0.1, 0.15) is 31.7 Å². The average Bonchev–Trinajstić information content (AvgIpc) is 3.32. The van der Waals surface area contributed by atoms with E-state index in [0.29, 0.717) is 38.2 Å². The summed E-state index contributed by atoms with van der Waals surface area (Å²) in [4.78, 5) is 26.8. The number of nitrogens with zero attached hydrogens (tertiary/aromatic N) is 5.